The van der Waals surface area contributed by atoms with Crippen LogP contribution in [0.15, 0.2) is 35.1 Å². The minimum Gasteiger partial charge on any atom is -0.478 e. The van der Waals surface area contributed by atoms with Crippen LogP contribution in [0.4, 0.5) is 10.2 Å². The van der Waals surface area contributed by atoms with Gasteiger partial charge in [-0.05, 0) is 31.1 Å². The quantitative estimate of drug-likeness (QED) is 0.519. The van der Waals surface area contributed by atoms with Gasteiger partial charge in [0, 0.05) is 35.4 Å². The molecule has 10 heteroatoms. The average Bonchev–Trinajstić information content (AvgIpc) is 3.22. The van der Waals surface area contributed by atoms with Crippen molar-refractivity contribution >= 4 is 51.5 Å². The summed E-state index contributed by atoms with van der Waals surface area (Å²) >= 11 is 12.3. The number of nitrogens with zero attached hydrogens (tertiary/aromatic N) is 2. The van der Waals surface area contributed by atoms with Gasteiger partial charge in [-0.25, -0.2) is 9.37 Å². The summed E-state index contributed by atoms with van der Waals surface area (Å²) in [5, 5.41) is 0.863. The number of anilines is 1. The van der Waals surface area contributed by atoms with Crippen molar-refractivity contribution in [2.75, 3.05) is 25.4 Å². The predicted octanol–water partition coefficient (Wildman–Crippen LogP) is 4.57. The second kappa shape index (κ2) is 8.97. The summed E-state index contributed by atoms with van der Waals surface area (Å²) in [6.07, 6.45) is 5.11. The molecule has 0 aliphatic carbocycles. The van der Waals surface area contributed by atoms with Gasteiger partial charge in [0.1, 0.15) is 11.9 Å². The SMILES string of the molecule is CC(Oc1c(N)ncc2c(C3=CCN(C(=O)CN)CC3)coc12)c1c(Cl)ccc(F)c1Cl. The molecule has 4 N–H and O–H groups in total. The van der Waals surface area contributed by atoms with E-state index in [1.807, 2.05) is 6.08 Å². The van der Waals surface area contributed by atoms with Gasteiger partial charge in [-0.3, -0.25) is 4.79 Å². The molecule has 3 aromatic rings. The zero-order valence-electron chi connectivity index (χ0n) is 17.2. The topological polar surface area (TPSA) is 108 Å². The third-order valence-corrected chi connectivity index (χ3v) is 6.18. The fourth-order valence-corrected chi connectivity index (χ4v) is 4.44. The number of furan rings is 1. The number of nitrogens with two attached hydrogens (primary N) is 2. The Bertz CT molecular complexity index is 1230. The predicted molar refractivity (Wildman–Crippen MR) is 122 cm³/mol. The normalized spacial score (nSPS) is 15.0. The molecule has 0 bridgehead atoms. The summed E-state index contributed by atoms with van der Waals surface area (Å²) in [7, 11) is 0. The molecule has 1 atom stereocenters. The van der Waals surface area contributed by atoms with Gasteiger partial charge in [0.2, 0.25) is 11.7 Å². The van der Waals surface area contributed by atoms with E-state index in [4.69, 9.17) is 43.8 Å². The van der Waals surface area contributed by atoms with Crippen LogP contribution in [0.25, 0.3) is 16.5 Å². The van der Waals surface area contributed by atoms with E-state index < -0.39 is 11.9 Å². The van der Waals surface area contributed by atoms with Crippen LogP contribution in [0, 0.1) is 5.82 Å². The van der Waals surface area contributed by atoms with E-state index in [2.05, 4.69) is 4.98 Å². The summed E-state index contributed by atoms with van der Waals surface area (Å²) in [4.78, 5) is 17.8. The van der Waals surface area contributed by atoms with E-state index in [1.165, 1.54) is 12.1 Å². The first kappa shape index (κ1) is 22.4. The highest BCUT2D eigenvalue weighted by molar-refractivity contribution is 6.36. The Kier molecular flexibility index (Phi) is 6.28. The van der Waals surface area contributed by atoms with Gasteiger partial charge in [-0.1, -0.05) is 29.3 Å². The molecule has 32 heavy (non-hydrogen) atoms. The summed E-state index contributed by atoms with van der Waals surface area (Å²) in [6.45, 7) is 2.70. The molecule has 1 amide bonds. The molecule has 1 aliphatic heterocycles. The molecule has 0 fully saturated rings. The van der Waals surface area contributed by atoms with Crippen molar-refractivity contribution in [2.24, 2.45) is 5.73 Å². The number of hydrogen-bond donors (Lipinski definition) is 2. The zero-order valence-corrected chi connectivity index (χ0v) is 18.7. The lowest BCUT2D eigenvalue weighted by atomic mass is 9.99. The number of carbonyl (C=O) groups excluding carboxylic acids is 1. The molecular weight excluding hydrogens is 458 g/mol. The van der Waals surface area contributed by atoms with Crippen molar-refractivity contribution in [3.63, 3.8) is 0 Å². The molecule has 2 aromatic heterocycles. The fourth-order valence-electron chi connectivity index (χ4n) is 3.76. The Hall–Kier alpha value is -2.81. The van der Waals surface area contributed by atoms with Crippen molar-refractivity contribution in [3.8, 4) is 5.75 Å². The molecule has 0 saturated heterocycles. The summed E-state index contributed by atoms with van der Waals surface area (Å²) in [6, 6.07) is 2.61. The summed E-state index contributed by atoms with van der Waals surface area (Å²) in [5.41, 5.74) is 14.1. The van der Waals surface area contributed by atoms with Crippen molar-refractivity contribution in [1.29, 1.82) is 0 Å². The molecule has 3 heterocycles. The molecule has 1 aromatic carbocycles. The van der Waals surface area contributed by atoms with Crippen LogP contribution in [0.2, 0.25) is 10.0 Å². The number of halogens is 3. The van der Waals surface area contributed by atoms with Crippen LogP contribution >= 0.6 is 23.2 Å². The molecule has 4 rings (SSSR count). The second-order valence-electron chi connectivity index (χ2n) is 7.40. The lowest BCUT2D eigenvalue weighted by Crippen LogP contribution is -2.38. The minimum atomic E-state index is -0.723. The lowest BCUT2D eigenvalue weighted by Gasteiger charge is -2.25. The van der Waals surface area contributed by atoms with Crippen molar-refractivity contribution in [3.05, 3.63) is 57.7 Å². The van der Waals surface area contributed by atoms with Gasteiger partial charge in [-0.2, -0.15) is 0 Å². The first-order valence-corrected chi connectivity index (χ1v) is 10.7. The van der Waals surface area contributed by atoms with E-state index in [0.717, 1.165) is 11.1 Å². The van der Waals surface area contributed by atoms with Gasteiger partial charge >= 0.3 is 0 Å². The van der Waals surface area contributed by atoms with Crippen molar-refractivity contribution in [2.45, 2.75) is 19.4 Å². The first-order valence-electron chi connectivity index (χ1n) is 9.94. The smallest absolute Gasteiger partial charge is 0.236 e. The largest absolute Gasteiger partial charge is 0.478 e. The van der Waals surface area contributed by atoms with E-state index in [0.29, 0.717) is 36.0 Å². The lowest BCUT2D eigenvalue weighted by molar-refractivity contribution is -0.129. The number of nitrogen functional groups attached to an aromatic ring is 1. The maximum Gasteiger partial charge on any atom is 0.236 e. The van der Waals surface area contributed by atoms with Crippen LogP contribution in [0.3, 0.4) is 0 Å². The minimum absolute atomic E-state index is 0.0146. The number of fused-ring (bicyclic) bond motifs is 1. The third kappa shape index (κ3) is 4.01. The van der Waals surface area contributed by atoms with Gasteiger partial charge in [0.15, 0.2) is 11.4 Å². The first-order chi connectivity index (χ1) is 15.3. The second-order valence-corrected chi connectivity index (χ2v) is 8.19. The van der Waals surface area contributed by atoms with Crippen LogP contribution in [0.5, 0.6) is 5.75 Å². The van der Waals surface area contributed by atoms with E-state index >= 15 is 0 Å². The Labute approximate surface area is 193 Å². The summed E-state index contributed by atoms with van der Waals surface area (Å²) < 4.78 is 25.8. The molecule has 1 aliphatic rings. The van der Waals surface area contributed by atoms with E-state index in [-0.39, 0.29) is 34.1 Å². The van der Waals surface area contributed by atoms with Gasteiger partial charge < -0.3 is 25.5 Å². The van der Waals surface area contributed by atoms with Crippen LogP contribution in [-0.2, 0) is 4.79 Å². The number of benzene rings is 1. The molecule has 0 spiro atoms. The number of ether oxygens (including phenoxy) is 1. The number of carbonyl (C=O) groups is 1. The van der Waals surface area contributed by atoms with Gasteiger partial charge in [0.25, 0.3) is 0 Å². The Morgan fingerprint density at radius 3 is 2.88 bits per heavy atom. The third-order valence-electron chi connectivity index (χ3n) is 5.46. The molecule has 0 saturated carbocycles. The molecule has 1 unspecified atom stereocenters. The van der Waals surface area contributed by atoms with Crippen molar-refractivity contribution < 1.29 is 18.3 Å². The number of rotatable bonds is 5. The van der Waals surface area contributed by atoms with Crippen LogP contribution in [0.1, 0.15) is 30.6 Å². The highest BCUT2D eigenvalue weighted by Gasteiger charge is 2.24. The Morgan fingerprint density at radius 1 is 1.41 bits per heavy atom. The molecule has 7 nitrogen and oxygen atoms in total. The van der Waals surface area contributed by atoms with Gasteiger partial charge in [0.05, 0.1) is 23.2 Å². The highest BCUT2D eigenvalue weighted by Crippen LogP contribution is 2.41. The number of aromatic nitrogens is 1. The Morgan fingerprint density at radius 2 is 2.19 bits per heavy atom. The van der Waals surface area contributed by atoms with Crippen LogP contribution < -0.4 is 16.2 Å². The Balaban J connectivity index is 1.67. The average molecular weight is 479 g/mol. The number of amides is 1. The fraction of sp³-hybridized carbons (Fsp3) is 0.273. The number of hydrogen-bond acceptors (Lipinski definition) is 6. The molecular formula is C22H21Cl2FN4O3. The van der Waals surface area contributed by atoms with Crippen molar-refractivity contribution in [1.82, 2.24) is 9.88 Å². The zero-order chi connectivity index (χ0) is 23.0. The van der Waals surface area contributed by atoms with Crippen LogP contribution in [-0.4, -0.2) is 35.4 Å². The maximum atomic E-state index is 14.0. The number of pyridine rings is 1. The van der Waals surface area contributed by atoms with E-state index in [1.54, 1.807) is 24.3 Å². The monoisotopic (exact) mass is 478 g/mol. The maximum absolute atomic E-state index is 14.0. The van der Waals surface area contributed by atoms with E-state index in [9.17, 15) is 9.18 Å². The summed E-state index contributed by atoms with van der Waals surface area (Å²) in [5.74, 6) is -0.358. The standard InChI is InChI=1S/C22H21Cl2FN4O3/c1-11(18-15(23)2-3-16(25)19(18)24)32-21-20-13(9-28-22(21)27)14(10-31-20)12-4-6-29(7-5-12)17(30)8-26/h2-4,9-11H,5-8,26H2,1H3,(H2,27,28). The van der Waals surface area contributed by atoms with Gasteiger partial charge in [-0.15, -0.1) is 0 Å². The highest BCUT2D eigenvalue weighted by atomic mass is 35.5. The molecule has 0 radical (unpaired) electrons. The molecule has 168 valence electrons.